The molecular weight excluding hydrogens is 484 g/mol. The molecule has 0 spiro atoms. The third-order valence-corrected chi connectivity index (χ3v) is 6.40. The lowest BCUT2D eigenvalue weighted by Crippen LogP contribution is -2.39. The molecule has 0 unspecified atom stereocenters. The highest BCUT2D eigenvalue weighted by Crippen LogP contribution is 2.26. The molecule has 0 heterocycles. The van der Waals surface area contributed by atoms with Crippen molar-refractivity contribution >= 4 is 39.2 Å². The number of hydrogen-bond donors (Lipinski definition) is 2. The van der Waals surface area contributed by atoms with E-state index in [9.17, 15) is 4.79 Å². The number of thiocarbonyl (C=S) groups is 1. The highest BCUT2D eigenvalue weighted by Gasteiger charge is 2.10. The van der Waals surface area contributed by atoms with Crippen LogP contribution in [0.15, 0.2) is 22.7 Å². The van der Waals surface area contributed by atoms with Crippen molar-refractivity contribution in [3.05, 3.63) is 28.2 Å². The molecule has 0 atom stereocenters. The first-order chi connectivity index (χ1) is 15.6. The summed E-state index contributed by atoms with van der Waals surface area (Å²) in [5, 5.41) is 6.26. The molecule has 6 heteroatoms. The largest absolute Gasteiger partial charge is 0.493 e. The number of amides is 1. The van der Waals surface area contributed by atoms with E-state index >= 15 is 0 Å². The van der Waals surface area contributed by atoms with Crippen molar-refractivity contribution in [3.63, 3.8) is 0 Å². The minimum Gasteiger partial charge on any atom is -0.493 e. The minimum absolute atomic E-state index is 0.216. The highest BCUT2D eigenvalue weighted by atomic mass is 79.9. The van der Waals surface area contributed by atoms with Crippen molar-refractivity contribution in [1.82, 2.24) is 10.6 Å². The number of carbonyl (C=O) groups is 1. The van der Waals surface area contributed by atoms with Gasteiger partial charge in [0.15, 0.2) is 5.11 Å². The number of carbonyl (C=O) groups excluding carboxylic acids is 1. The van der Waals surface area contributed by atoms with Crippen LogP contribution < -0.4 is 15.4 Å². The maximum atomic E-state index is 12.3. The van der Waals surface area contributed by atoms with E-state index in [0.717, 1.165) is 23.2 Å². The molecule has 4 nitrogen and oxygen atoms in total. The molecule has 0 aliphatic heterocycles. The molecule has 0 saturated carbocycles. The highest BCUT2D eigenvalue weighted by molar-refractivity contribution is 9.10. The summed E-state index contributed by atoms with van der Waals surface area (Å²) in [6.45, 7) is 5.58. The van der Waals surface area contributed by atoms with Gasteiger partial charge in [-0.25, -0.2) is 0 Å². The molecule has 1 rings (SSSR count). The average Bonchev–Trinajstić information content (AvgIpc) is 2.77. The molecule has 1 aromatic rings. The standard InChI is InChI=1S/C26H43BrN2O2S/c1-3-5-6-7-8-9-10-11-12-13-14-15-16-17-20-28-26(32)29-25(30)22-18-19-24(31-4-2)23(27)21-22/h18-19,21H,3-17,20H2,1-2H3,(H2,28,29,30,32). The van der Waals surface area contributed by atoms with E-state index < -0.39 is 0 Å². The molecule has 0 aromatic heterocycles. The molecule has 0 saturated heterocycles. The van der Waals surface area contributed by atoms with Crippen LogP contribution >= 0.6 is 28.1 Å². The Kier molecular flexibility index (Phi) is 17.5. The van der Waals surface area contributed by atoms with Crippen LogP contribution in [0.3, 0.4) is 0 Å². The lowest BCUT2D eigenvalue weighted by Gasteiger charge is -2.11. The fourth-order valence-corrected chi connectivity index (χ4v) is 4.34. The van der Waals surface area contributed by atoms with Gasteiger partial charge in [0.2, 0.25) is 0 Å². The average molecular weight is 528 g/mol. The van der Waals surface area contributed by atoms with Crippen molar-refractivity contribution in [2.75, 3.05) is 13.2 Å². The van der Waals surface area contributed by atoms with Crippen molar-refractivity contribution in [2.45, 2.75) is 104 Å². The number of halogens is 1. The van der Waals surface area contributed by atoms with E-state index in [2.05, 4.69) is 33.5 Å². The van der Waals surface area contributed by atoms with Crippen LogP contribution in [0.25, 0.3) is 0 Å². The molecule has 0 aliphatic carbocycles. The van der Waals surface area contributed by atoms with Gasteiger partial charge in [-0.3, -0.25) is 10.1 Å². The molecule has 0 bridgehead atoms. The Balaban J connectivity index is 1.98. The van der Waals surface area contributed by atoms with Crippen LogP contribution in [0.2, 0.25) is 0 Å². The summed E-state index contributed by atoms with van der Waals surface area (Å²) in [4.78, 5) is 12.3. The van der Waals surface area contributed by atoms with E-state index in [1.807, 2.05) is 6.92 Å². The molecule has 2 N–H and O–H groups in total. The second kappa shape index (κ2) is 19.3. The Morgan fingerprint density at radius 2 is 1.41 bits per heavy atom. The molecule has 182 valence electrons. The van der Waals surface area contributed by atoms with Crippen LogP contribution in [-0.4, -0.2) is 24.2 Å². The Bertz CT molecular complexity index is 655. The predicted molar refractivity (Wildman–Crippen MR) is 144 cm³/mol. The molecule has 0 radical (unpaired) electrons. The zero-order chi connectivity index (χ0) is 23.4. The first-order valence-electron chi connectivity index (χ1n) is 12.6. The van der Waals surface area contributed by atoms with Gasteiger partial charge in [-0.2, -0.15) is 0 Å². The Morgan fingerprint density at radius 1 is 0.875 bits per heavy atom. The second-order valence-electron chi connectivity index (χ2n) is 8.38. The van der Waals surface area contributed by atoms with Gasteiger partial charge in [-0.1, -0.05) is 90.4 Å². The molecule has 0 fully saturated rings. The number of rotatable bonds is 18. The Labute approximate surface area is 209 Å². The predicted octanol–water partition coefficient (Wildman–Crippen LogP) is 7.93. The number of hydrogen-bond acceptors (Lipinski definition) is 3. The fraction of sp³-hybridized carbons (Fsp3) is 0.692. The monoisotopic (exact) mass is 526 g/mol. The first-order valence-corrected chi connectivity index (χ1v) is 13.8. The van der Waals surface area contributed by atoms with Gasteiger partial charge in [-0.15, -0.1) is 0 Å². The van der Waals surface area contributed by atoms with Gasteiger partial charge in [-0.05, 0) is 59.7 Å². The normalized spacial score (nSPS) is 10.7. The second-order valence-corrected chi connectivity index (χ2v) is 9.65. The van der Waals surface area contributed by atoms with E-state index in [-0.39, 0.29) is 5.91 Å². The maximum absolute atomic E-state index is 12.3. The van der Waals surface area contributed by atoms with E-state index in [1.54, 1.807) is 18.2 Å². The van der Waals surface area contributed by atoms with E-state index in [1.165, 1.54) is 83.5 Å². The lowest BCUT2D eigenvalue weighted by molar-refractivity contribution is 0.0976. The zero-order valence-electron chi connectivity index (χ0n) is 20.1. The summed E-state index contributed by atoms with van der Waals surface area (Å²) in [5.74, 6) is 0.509. The van der Waals surface area contributed by atoms with Crippen LogP contribution in [0.5, 0.6) is 5.75 Å². The van der Waals surface area contributed by atoms with Crippen LogP contribution in [-0.2, 0) is 0 Å². The van der Waals surface area contributed by atoms with Gasteiger partial charge < -0.3 is 10.1 Å². The molecule has 0 aliphatic rings. The van der Waals surface area contributed by atoms with E-state index in [4.69, 9.17) is 17.0 Å². The summed E-state index contributed by atoms with van der Waals surface area (Å²) < 4.78 is 6.23. The maximum Gasteiger partial charge on any atom is 0.257 e. The SMILES string of the molecule is CCCCCCCCCCCCCCCCNC(=S)NC(=O)c1ccc(OCC)c(Br)c1. The third kappa shape index (κ3) is 14.1. The van der Waals surface area contributed by atoms with Gasteiger partial charge in [0.1, 0.15) is 5.75 Å². The molecular formula is C26H43BrN2O2S. The van der Waals surface area contributed by atoms with Crippen molar-refractivity contribution < 1.29 is 9.53 Å². The Morgan fingerprint density at radius 3 is 1.91 bits per heavy atom. The summed E-state index contributed by atoms with van der Waals surface area (Å²) in [7, 11) is 0. The Hall–Kier alpha value is -1.14. The number of unbranched alkanes of at least 4 members (excludes halogenated alkanes) is 13. The molecule has 32 heavy (non-hydrogen) atoms. The summed E-state index contributed by atoms with van der Waals surface area (Å²) in [6.07, 6.45) is 18.8. The number of nitrogens with one attached hydrogen (secondary N) is 2. The van der Waals surface area contributed by atoms with Crippen molar-refractivity contribution in [3.8, 4) is 5.75 Å². The number of ether oxygens (including phenoxy) is 1. The van der Waals surface area contributed by atoms with Gasteiger partial charge in [0.05, 0.1) is 11.1 Å². The van der Waals surface area contributed by atoms with Crippen molar-refractivity contribution in [1.29, 1.82) is 0 Å². The smallest absolute Gasteiger partial charge is 0.257 e. The summed E-state index contributed by atoms with van der Waals surface area (Å²) in [6, 6.07) is 5.27. The topological polar surface area (TPSA) is 50.4 Å². The fourth-order valence-electron chi connectivity index (χ4n) is 3.66. The zero-order valence-corrected chi connectivity index (χ0v) is 22.6. The van der Waals surface area contributed by atoms with Gasteiger partial charge >= 0.3 is 0 Å². The molecule has 1 aromatic carbocycles. The van der Waals surface area contributed by atoms with Crippen LogP contribution in [0.1, 0.15) is 114 Å². The quantitative estimate of drug-likeness (QED) is 0.150. The van der Waals surface area contributed by atoms with Gasteiger partial charge in [0.25, 0.3) is 5.91 Å². The van der Waals surface area contributed by atoms with Crippen LogP contribution in [0.4, 0.5) is 0 Å². The molecule has 1 amide bonds. The van der Waals surface area contributed by atoms with E-state index in [0.29, 0.717) is 17.3 Å². The number of benzene rings is 1. The first kappa shape index (κ1) is 28.9. The van der Waals surface area contributed by atoms with Crippen LogP contribution in [0, 0.1) is 0 Å². The van der Waals surface area contributed by atoms with Crippen molar-refractivity contribution in [2.24, 2.45) is 0 Å². The lowest BCUT2D eigenvalue weighted by atomic mass is 10.0. The van der Waals surface area contributed by atoms with Gasteiger partial charge in [0, 0.05) is 12.1 Å². The summed E-state index contributed by atoms with van der Waals surface area (Å²) in [5.41, 5.74) is 0.543. The third-order valence-electron chi connectivity index (χ3n) is 5.54. The minimum atomic E-state index is -0.216. The summed E-state index contributed by atoms with van der Waals surface area (Å²) >= 11 is 8.68.